The van der Waals surface area contributed by atoms with Crippen LogP contribution < -0.4 is 5.73 Å². The van der Waals surface area contributed by atoms with Crippen LogP contribution in [0.1, 0.15) is 12.8 Å². The average molecular weight is 172 g/mol. The summed E-state index contributed by atoms with van der Waals surface area (Å²) in [5, 5.41) is 3.86. The van der Waals surface area contributed by atoms with Gasteiger partial charge in [-0.1, -0.05) is 0 Å². The van der Waals surface area contributed by atoms with Crippen molar-refractivity contribution in [2.75, 3.05) is 6.54 Å². The minimum absolute atomic E-state index is 0.401. The van der Waals surface area contributed by atoms with Crippen molar-refractivity contribution in [3.8, 4) is 0 Å². The van der Waals surface area contributed by atoms with Gasteiger partial charge in [0.25, 0.3) is 0 Å². The minimum atomic E-state index is -0.820. The first-order chi connectivity index (χ1) is 5.83. The molecule has 1 aromatic rings. The van der Waals surface area contributed by atoms with E-state index in [0.29, 0.717) is 25.9 Å². The summed E-state index contributed by atoms with van der Waals surface area (Å²) in [7, 11) is 0. The molecule has 0 aromatic carbocycles. The molecule has 1 heterocycles. The SMILES string of the molecule is NCCC(F)CCn1cncn1. The lowest BCUT2D eigenvalue weighted by Crippen LogP contribution is -2.12. The number of alkyl halides is 1. The van der Waals surface area contributed by atoms with Gasteiger partial charge >= 0.3 is 0 Å². The van der Waals surface area contributed by atoms with Gasteiger partial charge in [0, 0.05) is 6.54 Å². The zero-order valence-corrected chi connectivity index (χ0v) is 6.86. The van der Waals surface area contributed by atoms with Gasteiger partial charge in [-0.2, -0.15) is 5.10 Å². The number of nitrogens with two attached hydrogens (primary N) is 1. The molecule has 0 aliphatic heterocycles. The van der Waals surface area contributed by atoms with Crippen molar-refractivity contribution in [3.05, 3.63) is 12.7 Å². The van der Waals surface area contributed by atoms with Crippen LogP contribution in [0.5, 0.6) is 0 Å². The fraction of sp³-hybridized carbons (Fsp3) is 0.714. The Morgan fingerprint density at radius 3 is 2.92 bits per heavy atom. The topological polar surface area (TPSA) is 56.7 Å². The largest absolute Gasteiger partial charge is 0.330 e. The summed E-state index contributed by atoms with van der Waals surface area (Å²) >= 11 is 0. The predicted octanol–water partition coefficient (Wildman–Crippen LogP) is 0.355. The monoisotopic (exact) mass is 172 g/mol. The number of aryl methyl sites for hydroxylation is 1. The number of hydrogen-bond donors (Lipinski definition) is 1. The van der Waals surface area contributed by atoms with Gasteiger partial charge in [0.2, 0.25) is 0 Å². The average Bonchev–Trinajstić information content (AvgIpc) is 2.53. The number of nitrogens with zero attached hydrogens (tertiary/aromatic N) is 3. The molecule has 0 radical (unpaired) electrons. The van der Waals surface area contributed by atoms with Crippen LogP contribution in [0.2, 0.25) is 0 Å². The normalized spacial score (nSPS) is 13.2. The third kappa shape index (κ3) is 2.96. The Balaban J connectivity index is 2.17. The van der Waals surface area contributed by atoms with E-state index in [1.165, 1.54) is 6.33 Å². The van der Waals surface area contributed by atoms with Crippen molar-refractivity contribution in [1.29, 1.82) is 0 Å². The van der Waals surface area contributed by atoms with E-state index >= 15 is 0 Å². The Morgan fingerprint density at radius 1 is 1.50 bits per heavy atom. The lowest BCUT2D eigenvalue weighted by Gasteiger charge is -2.05. The molecule has 1 aromatic heterocycles. The number of halogens is 1. The lowest BCUT2D eigenvalue weighted by atomic mass is 10.2. The Morgan fingerprint density at radius 2 is 2.33 bits per heavy atom. The van der Waals surface area contributed by atoms with E-state index in [4.69, 9.17) is 5.73 Å². The molecule has 1 unspecified atom stereocenters. The third-order valence-electron chi connectivity index (χ3n) is 1.62. The van der Waals surface area contributed by atoms with Crippen LogP contribution in [0.15, 0.2) is 12.7 Å². The molecule has 0 spiro atoms. The highest BCUT2D eigenvalue weighted by Gasteiger charge is 2.04. The van der Waals surface area contributed by atoms with Crippen LogP contribution in [-0.4, -0.2) is 27.5 Å². The summed E-state index contributed by atoms with van der Waals surface area (Å²) in [5.41, 5.74) is 5.20. The summed E-state index contributed by atoms with van der Waals surface area (Å²) in [6, 6.07) is 0. The molecule has 0 saturated carbocycles. The molecule has 0 aliphatic carbocycles. The first-order valence-corrected chi connectivity index (χ1v) is 3.99. The maximum absolute atomic E-state index is 12.9. The molecule has 12 heavy (non-hydrogen) atoms. The Bertz CT molecular complexity index is 199. The van der Waals surface area contributed by atoms with E-state index in [9.17, 15) is 4.39 Å². The number of aromatic nitrogens is 3. The van der Waals surface area contributed by atoms with Gasteiger partial charge in [-0.15, -0.1) is 0 Å². The highest BCUT2D eigenvalue weighted by atomic mass is 19.1. The van der Waals surface area contributed by atoms with E-state index in [1.54, 1.807) is 11.0 Å². The molecular formula is C7H13FN4. The van der Waals surface area contributed by atoms with Crippen LogP contribution in [0.3, 0.4) is 0 Å². The van der Waals surface area contributed by atoms with E-state index in [2.05, 4.69) is 10.1 Å². The number of rotatable bonds is 5. The van der Waals surface area contributed by atoms with E-state index in [0.717, 1.165) is 0 Å². The fourth-order valence-corrected chi connectivity index (χ4v) is 0.946. The van der Waals surface area contributed by atoms with Crippen molar-refractivity contribution in [1.82, 2.24) is 14.8 Å². The smallest absolute Gasteiger partial charge is 0.137 e. The van der Waals surface area contributed by atoms with Crippen molar-refractivity contribution in [2.45, 2.75) is 25.6 Å². The third-order valence-corrected chi connectivity index (χ3v) is 1.62. The van der Waals surface area contributed by atoms with Crippen molar-refractivity contribution in [3.63, 3.8) is 0 Å². The molecule has 0 bridgehead atoms. The fourth-order valence-electron chi connectivity index (χ4n) is 0.946. The molecule has 1 atom stereocenters. The molecule has 2 N–H and O–H groups in total. The molecule has 0 fully saturated rings. The first-order valence-electron chi connectivity index (χ1n) is 3.99. The van der Waals surface area contributed by atoms with Crippen molar-refractivity contribution in [2.24, 2.45) is 5.73 Å². The second-order valence-electron chi connectivity index (χ2n) is 2.62. The quantitative estimate of drug-likeness (QED) is 0.697. The molecule has 4 nitrogen and oxygen atoms in total. The van der Waals surface area contributed by atoms with Crippen LogP contribution in [0.25, 0.3) is 0 Å². The van der Waals surface area contributed by atoms with Gasteiger partial charge in [-0.3, -0.25) is 4.68 Å². The molecule has 0 aliphatic rings. The molecule has 1 rings (SSSR count). The Hall–Kier alpha value is -0.970. The highest BCUT2D eigenvalue weighted by Crippen LogP contribution is 2.03. The van der Waals surface area contributed by atoms with Gasteiger partial charge in [-0.25, -0.2) is 9.37 Å². The molecule has 5 heteroatoms. The van der Waals surface area contributed by atoms with Gasteiger partial charge in [0.05, 0.1) is 0 Å². The standard InChI is InChI=1S/C7H13FN4/c8-7(1-3-9)2-4-12-6-10-5-11-12/h5-7H,1-4,9H2. The Kier molecular flexibility index (Phi) is 3.66. The summed E-state index contributed by atoms with van der Waals surface area (Å²) in [6.07, 6.45) is 3.08. The number of hydrogen-bond acceptors (Lipinski definition) is 3. The summed E-state index contributed by atoms with van der Waals surface area (Å²) in [4.78, 5) is 3.75. The van der Waals surface area contributed by atoms with Crippen molar-refractivity contribution >= 4 is 0 Å². The van der Waals surface area contributed by atoms with Gasteiger partial charge in [0.1, 0.15) is 18.8 Å². The van der Waals surface area contributed by atoms with Gasteiger partial charge in [-0.05, 0) is 19.4 Å². The summed E-state index contributed by atoms with van der Waals surface area (Å²) < 4.78 is 14.5. The van der Waals surface area contributed by atoms with Crippen LogP contribution in [0, 0.1) is 0 Å². The van der Waals surface area contributed by atoms with E-state index in [1.807, 2.05) is 0 Å². The second-order valence-corrected chi connectivity index (χ2v) is 2.62. The Labute approximate surface area is 70.6 Å². The maximum atomic E-state index is 12.9. The van der Waals surface area contributed by atoms with Crippen LogP contribution in [0.4, 0.5) is 4.39 Å². The van der Waals surface area contributed by atoms with Gasteiger partial charge in [0.15, 0.2) is 0 Å². The predicted molar refractivity (Wildman–Crippen MR) is 43.2 cm³/mol. The first kappa shape index (κ1) is 9.12. The lowest BCUT2D eigenvalue weighted by molar-refractivity contribution is 0.283. The molecule has 68 valence electrons. The molecular weight excluding hydrogens is 159 g/mol. The van der Waals surface area contributed by atoms with Gasteiger partial charge < -0.3 is 5.73 Å². The zero-order chi connectivity index (χ0) is 8.81. The second kappa shape index (κ2) is 4.82. The minimum Gasteiger partial charge on any atom is -0.330 e. The zero-order valence-electron chi connectivity index (χ0n) is 6.86. The summed E-state index contributed by atoms with van der Waals surface area (Å²) in [5.74, 6) is 0. The van der Waals surface area contributed by atoms with E-state index < -0.39 is 6.17 Å². The van der Waals surface area contributed by atoms with Crippen molar-refractivity contribution < 1.29 is 4.39 Å². The molecule has 0 saturated heterocycles. The summed E-state index contributed by atoms with van der Waals surface area (Å²) in [6.45, 7) is 0.972. The molecule has 0 amide bonds. The highest BCUT2D eigenvalue weighted by molar-refractivity contribution is 4.60. The van der Waals surface area contributed by atoms with E-state index in [-0.39, 0.29) is 0 Å². The van der Waals surface area contributed by atoms with Crippen LogP contribution >= 0.6 is 0 Å². The van der Waals surface area contributed by atoms with Crippen LogP contribution in [-0.2, 0) is 6.54 Å². The maximum Gasteiger partial charge on any atom is 0.137 e.